The fraction of sp³-hybridized carbons (Fsp3) is 1.00. The molecule has 1 fully saturated rings. The van der Waals surface area contributed by atoms with E-state index in [0.29, 0.717) is 0 Å². The van der Waals surface area contributed by atoms with Gasteiger partial charge in [0, 0.05) is 11.4 Å². The summed E-state index contributed by atoms with van der Waals surface area (Å²) in [6.07, 6.45) is 14.2. The van der Waals surface area contributed by atoms with Crippen molar-refractivity contribution in [2.75, 3.05) is 19.6 Å². The predicted molar refractivity (Wildman–Crippen MR) is 81.0 cm³/mol. The molecule has 0 N–H and O–H groups in total. The van der Waals surface area contributed by atoms with Gasteiger partial charge in [-0.05, 0) is 32.4 Å². The van der Waals surface area contributed by atoms with Crippen LogP contribution in [0.3, 0.4) is 0 Å². The Morgan fingerprint density at radius 3 is 2.29 bits per heavy atom. The molecule has 0 spiro atoms. The number of rotatable bonds is 9. The normalized spacial score (nSPS) is 21.9. The lowest BCUT2D eigenvalue weighted by Gasteiger charge is -2.29. The van der Waals surface area contributed by atoms with E-state index in [1.165, 1.54) is 83.8 Å². The molecule has 1 saturated heterocycles. The lowest BCUT2D eigenvalue weighted by atomic mass is 10.1. The predicted octanol–water partition coefficient (Wildman–Crippen LogP) is 4.99. The first-order chi connectivity index (χ1) is 8.33. The average Bonchev–Trinajstić information content (AvgIpc) is 2.33. The van der Waals surface area contributed by atoms with E-state index >= 15 is 0 Å². The highest BCUT2D eigenvalue weighted by molar-refractivity contribution is 9.09. The molecule has 1 heterocycles. The highest BCUT2D eigenvalue weighted by atomic mass is 79.9. The number of hydrogen-bond donors (Lipinski definition) is 0. The van der Waals surface area contributed by atoms with Crippen molar-refractivity contribution in [1.29, 1.82) is 0 Å². The van der Waals surface area contributed by atoms with Gasteiger partial charge < -0.3 is 4.90 Å². The zero-order valence-corrected chi connectivity index (χ0v) is 13.2. The molecular formula is C15H30BrN. The molecule has 0 bridgehead atoms. The van der Waals surface area contributed by atoms with Crippen LogP contribution in [0.5, 0.6) is 0 Å². The Hall–Kier alpha value is 0.440. The summed E-state index contributed by atoms with van der Waals surface area (Å²) < 4.78 is 0. The highest BCUT2D eigenvalue weighted by Gasteiger charge is 2.16. The van der Waals surface area contributed by atoms with Crippen molar-refractivity contribution in [3.05, 3.63) is 0 Å². The molecule has 1 unspecified atom stereocenters. The molecule has 0 saturated carbocycles. The lowest BCUT2D eigenvalue weighted by molar-refractivity contribution is 0.230. The van der Waals surface area contributed by atoms with Crippen LogP contribution in [0, 0.1) is 0 Å². The molecule has 0 aliphatic carbocycles. The van der Waals surface area contributed by atoms with Crippen LogP contribution in [0.25, 0.3) is 0 Å². The lowest BCUT2D eigenvalue weighted by Crippen LogP contribution is -2.36. The number of likely N-dealkylation sites (tertiary alicyclic amines) is 1. The second-order valence-electron chi connectivity index (χ2n) is 5.51. The molecule has 1 aliphatic heterocycles. The van der Waals surface area contributed by atoms with E-state index in [1.54, 1.807) is 0 Å². The fourth-order valence-corrected chi connectivity index (χ4v) is 3.40. The third-order valence-electron chi connectivity index (χ3n) is 3.78. The third-order valence-corrected chi connectivity index (χ3v) is 4.52. The summed E-state index contributed by atoms with van der Waals surface area (Å²) in [5, 5.41) is 0. The summed E-state index contributed by atoms with van der Waals surface area (Å²) in [6, 6.07) is 0. The average molecular weight is 304 g/mol. The molecule has 0 amide bonds. The van der Waals surface area contributed by atoms with E-state index in [0.717, 1.165) is 4.83 Å². The van der Waals surface area contributed by atoms with Gasteiger partial charge in [0.05, 0.1) is 0 Å². The van der Waals surface area contributed by atoms with Crippen molar-refractivity contribution in [3.8, 4) is 0 Å². The molecule has 0 radical (unpaired) electrons. The van der Waals surface area contributed by atoms with Gasteiger partial charge in [-0.25, -0.2) is 0 Å². The Labute approximate surface area is 116 Å². The maximum Gasteiger partial charge on any atom is 0.0273 e. The van der Waals surface area contributed by atoms with Crippen LogP contribution in [0.15, 0.2) is 0 Å². The summed E-state index contributed by atoms with van der Waals surface area (Å²) in [6.45, 7) is 6.22. The minimum absolute atomic E-state index is 0.755. The summed E-state index contributed by atoms with van der Waals surface area (Å²) in [7, 11) is 0. The number of halogens is 1. The molecular weight excluding hydrogens is 274 g/mol. The number of piperidine rings is 1. The SMILES string of the molecule is CCCCCCCCCCN1CCCC(Br)C1. The maximum absolute atomic E-state index is 3.74. The largest absolute Gasteiger partial charge is 0.302 e. The molecule has 0 aromatic carbocycles. The molecule has 17 heavy (non-hydrogen) atoms. The van der Waals surface area contributed by atoms with E-state index in [-0.39, 0.29) is 0 Å². The van der Waals surface area contributed by atoms with Gasteiger partial charge in [0.25, 0.3) is 0 Å². The molecule has 1 atom stereocenters. The van der Waals surface area contributed by atoms with Crippen molar-refractivity contribution < 1.29 is 0 Å². The molecule has 0 aromatic heterocycles. The number of alkyl halides is 1. The molecule has 0 aromatic rings. The van der Waals surface area contributed by atoms with Crippen LogP contribution in [0.1, 0.15) is 71.1 Å². The van der Waals surface area contributed by atoms with Gasteiger partial charge in [-0.1, -0.05) is 67.8 Å². The standard InChI is InChI=1S/C15H30BrN/c1-2-3-4-5-6-7-8-9-12-17-13-10-11-15(16)14-17/h15H,2-14H2,1H3. The number of nitrogens with zero attached hydrogens (tertiary/aromatic N) is 1. The zero-order valence-electron chi connectivity index (χ0n) is 11.6. The summed E-state index contributed by atoms with van der Waals surface area (Å²) >= 11 is 3.74. The first-order valence-electron chi connectivity index (χ1n) is 7.69. The zero-order chi connectivity index (χ0) is 12.3. The topological polar surface area (TPSA) is 3.24 Å². The third kappa shape index (κ3) is 8.20. The number of unbranched alkanes of at least 4 members (excludes halogenated alkanes) is 7. The van der Waals surface area contributed by atoms with Gasteiger partial charge >= 0.3 is 0 Å². The highest BCUT2D eigenvalue weighted by Crippen LogP contribution is 2.17. The van der Waals surface area contributed by atoms with Gasteiger partial charge in [-0.3, -0.25) is 0 Å². The summed E-state index contributed by atoms with van der Waals surface area (Å²) in [5.74, 6) is 0. The van der Waals surface area contributed by atoms with Crippen LogP contribution < -0.4 is 0 Å². The van der Waals surface area contributed by atoms with Crippen LogP contribution in [0.4, 0.5) is 0 Å². The monoisotopic (exact) mass is 303 g/mol. The van der Waals surface area contributed by atoms with Crippen LogP contribution in [0.2, 0.25) is 0 Å². The van der Waals surface area contributed by atoms with Crippen LogP contribution >= 0.6 is 15.9 Å². The molecule has 1 nitrogen and oxygen atoms in total. The van der Waals surface area contributed by atoms with Crippen LogP contribution in [-0.2, 0) is 0 Å². The van der Waals surface area contributed by atoms with Crippen molar-refractivity contribution in [3.63, 3.8) is 0 Å². The smallest absolute Gasteiger partial charge is 0.0273 e. The Morgan fingerprint density at radius 2 is 1.65 bits per heavy atom. The Balaban J connectivity index is 1.83. The van der Waals surface area contributed by atoms with Gasteiger partial charge in [0.1, 0.15) is 0 Å². The quantitative estimate of drug-likeness (QED) is 0.428. The van der Waals surface area contributed by atoms with Crippen molar-refractivity contribution in [2.24, 2.45) is 0 Å². The molecule has 2 heteroatoms. The Morgan fingerprint density at radius 1 is 1.00 bits per heavy atom. The van der Waals surface area contributed by atoms with Gasteiger partial charge in [0.15, 0.2) is 0 Å². The molecule has 1 aliphatic rings. The van der Waals surface area contributed by atoms with E-state index < -0.39 is 0 Å². The van der Waals surface area contributed by atoms with Crippen LogP contribution in [-0.4, -0.2) is 29.4 Å². The van der Waals surface area contributed by atoms with E-state index in [1.807, 2.05) is 0 Å². The van der Waals surface area contributed by atoms with Crippen molar-refractivity contribution in [2.45, 2.75) is 76.0 Å². The second-order valence-corrected chi connectivity index (χ2v) is 6.81. The van der Waals surface area contributed by atoms with E-state index in [2.05, 4.69) is 27.8 Å². The Kier molecular flexibility index (Phi) is 9.45. The fourth-order valence-electron chi connectivity index (χ4n) is 2.67. The summed E-state index contributed by atoms with van der Waals surface area (Å²) in [4.78, 5) is 3.39. The molecule has 102 valence electrons. The first kappa shape index (κ1) is 15.5. The van der Waals surface area contributed by atoms with E-state index in [4.69, 9.17) is 0 Å². The van der Waals surface area contributed by atoms with Gasteiger partial charge in [0.2, 0.25) is 0 Å². The second kappa shape index (κ2) is 10.4. The number of hydrogen-bond acceptors (Lipinski definition) is 1. The first-order valence-corrected chi connectivity index (χ1v) is 8.61. The molecule has 1 rings (SSSR count). The van der Waals surface area contributed by atoms with Gasteiger partial charge in [-0.2, -0.15) is 0 Å². The Bertz CT molecular complexity index is 172. The summed E-state index contributed by atoms with van der Waals surface area (Å²) in [5.41, 5.74) is 0. The van der Waals surface area contributed by atoms with E-state index in [9.17, 15) is 0 Å². The minimum Gasteiger partial charge on any atom is -0.302 e. The minimum atomic E-state index is 0.755. The van der Waals surface area contributed by atoms with Crippen molar-refractivity contribution in [1.82, 2.24) is 4.90 Å². The van der Waals surface area contributed by atoms with Gasteiger partial charge in [-0.15, -0.1) is 0 Å². The van der Waals surface area contributed by atoms with Crippen molar-refractivity contribution >= 4 is 15.9 Å². The maximum atomic E-state index is 3.74.